The van der Waals surface area contributed by atoms with E-state index in [9.17, 15) is 8.78 Å². The van der Waals surface area contributed by atoms with E-state index in [4.69, 9.17) is 0 Å². The number of rotatable bonds is 4. The molecular formula is C23H30F2. The van der Waals surface area contributed by atoms with Gasteiger partial charge in [-0.1, -0.05) is 18.2 Å². The summed E-state index contributed by atoms with van der Waals surface area (Å²) in [5.41, 5.74) is 1.19. The Labute approximate surface area is 151 Å². The largest absolute Gasteiger partial charge is 0.207 e. The summed E-state index contributed by atoms with van der Waals surface area (Å²) in [6.07, 6.45) is 14.3. The van der Waals surface area contributed by atoms with E-state index in [1.54, 1.807) is 12.1 Å². The second kappa shape index (κ2) is 8.29. The predicted octanol–water partition coefficient (Wildman–Crippen LogP) is 7.27. The van der Waals surface area contributed by atoms with E-state index in [2.05, 4.69) is 25.7 Å². The highest BCUT2D eigenvalue weighted by Gasteiger charge is 2.28. The Morgan fingerprint density at radius 3 is 1.88 bits per heavy atom. The van der Waals surface area contributed by atoms with Crippen molar-refractivity contribution in [3.63, 3.8) is 0 Å². The molecule has 1 aromatic carbocycles. The number of benzene rings is 1. The Kier molecular flexibility index (Phi) is 6.09. The molecule has 3 rings (SSSR count). The minimum atomic E-state index is -0.326. The molecular weight excluding hydrogens is 314 g/mol. The molecule has 0 N–H and O–H groups in total. The second-order valence-corrected chi connectivity index (χ2v) is 7.88. The van der Waals surface area contributed by atoms with Crippen molar-refractivity contribution in [2.45, 2.75) is 70.1 Å². The topological polar surface area (TPSA) is 0 Å². The lowest BCUT2D eigenvalue weighted by Gasteiger charge is -2.29. The van der Waals surface area contributed by atoms with E-state index in [-0.39, 0.29) is 17.6 Å². The maximum absolute atomic E-state index is 14.8. The number of hydrogen-bond donors (Lipinski definition) is 0. The van der Waals surface area contributed by atoms with E-state index < -0.39 is 0 Å². The van der Waals surface area contributed by atoms with Crippen LogP contribution in [0.25, 0.3) is 0 Å². The van der Waals surface area contributed by atoms with Gasteiger partial charge >= 0.3 is 0 Å². The van der Waals surface area contributed by atoms with Gasteiger partial charge in [0, 0.05) is 5.56 Å². The number of allylic oxidation sites excluding steroid dienone is 3. The zero-order chi connectivity index (χ0) is 17.8. The van der Waals surface area contributed by atoms with Crippen molar-refractivity contribution in [3.8, 4) is 0 Å². The molecule has 0 atom stereocenters. The van der Waals surface area contributed by atoms with Crippen LogP contribution in [-0.4, -0.2) is 0 Å². The third kappa shape index (κ3) is 4.22. The van der Waals surface area contributed by atoms with Gasteiger partial charge in [-0.3, -0.25) is 0 Å². The first kappa shape index (κ1) is 18.4. The first-order valence-corrected chi connectivity index (χ1v) is 9.86. The molecule has 2 fully saturated rings. The Morgan fingerprint density at radius 2 is 1.36 bits per heavy atom. The molecule has 2 heteroatoms. The summed E-state index contributed by atoms with van der Waals surface area (Å²) in [5, 5.41) is 0. The molecule has 0 saturated heterocycles. The number of halogens is 2. The van der Waals surface area contributed by atoms with Crippen LogP contribution in [0.3, 0.4) is 0 Å². The molecule has 2 aliphatic rings. The average Bonchev–Trinajstić information content (AvgIpc) is 2.62. The molecule has 0 heterocycles. The van der Waals surface area contributed by atoms with Crippen LogP contribution in [-0.2, 0) is 0 Å². The van der Waals surface area contributed by atoms with Crippen molar-refractivity contribution in [2.24, 2.45) is 11.8 Å². The van der Waals surface area contributed by atoms with Crippen LogP contribution in [0.5, 0.6) is 0 Å². The van der Waals surface area contributed by atoms with Gasteiger partial charge in [0.25, 0.3) is 0 Å². The minimum Gasteiger partial charge on any atom is -0.207 e. The lowest BCUT2D eigenvalue weighted by Crippen LogP contribution is -2.16. The van der Waals surface area contributed by atoms with Gasteiger partial charge in [0.15, 0.2) is 0 Å². The van der Waals surface area contributed by atoms with Crippen LogP contribution in [0.2, 0.25) is 0 Å². The average molecular weight is 344 g/mol. The van der Waals surface area contributed by atoms with Crippen LogP contribution in [0, 0.1) is 23.5 Å². The van der Waals surface area contributed by atoms with Gasteiger partial charge in [-0.2, -0.15) is 0 Å². The monoisotopic (exact) mass is 344 g/mol. The van der Waals surface area contributed by atoms with Crippen LogP contribution in [0.15, 0.2) is 36.9 Å². The van der Waals surface area contributed by atoms with Gasteiger partial charge in [-0.05, 0) is 99.7 Å². The SMILES string of the molecule is C=CC1CCC(c2c(F)cc(C3CCC(C=CC)CC3)cc2F)CC1. The molecule has 0 aromatic heterocycles. The van der Waals surface area contributed by atoms with Gasteiger partial charge in [-0.25, -0.2) is 8.78 Å². The predicted molar refractivity (Wildman–Crippen MR) is 101 cm³/mol. The zero-order valence-corrected chi connectivity index (χ0v) is 15.3. The summed E-state index contributed by atoms with van der Waals surface area (Å²) in [6.45, 7) is 5.90. The van der Waals surface area contributed by atoms with E-state index >= 15 is 0 Å². The van der Waals surface area contributed by atoms with Crippen molar-refractivity contribution in [1.82, 2.24) is 0 Å². The number of hydrogen-bond acceptors (Lipinski definition) is 0. The molecule has 1 aromatic rings. The van der Waals surface area contributed by atoms with E-state index in [0.29, 0.717) is 23.3 Å². The van der Waals surface area contributed by atoms with Crippen LogP contribution in [0.4, 0.5) is 8.78 Å². The summed E-state index contributed by atoms with van der Waals surface area (Å²) in [7, 11) is 0. The first-order chi connectivity index (χ1) is 12.1. The molecule has 0 radical (unpaired) electrons. The van der Waals surface area contributed by atoms with E-state index in [1.165, 1.54) is 0 Å². The van der Waals surface area contributed by atoms with Gasteiger partial charge in [0.05, 0.1) is 0 Å². The minimum absolute atomic E-state index is 0.0238. The molecule has 0 nitrogen and oxygen atoms in total. The third-order valence-corrected chi connectivity index (χ3v) is 6.32. The van der Waals surface area contributed by atoms with Crippen molar-refractivity contribution in [2.75, 3.05) is 0 Å². The van der Waals surface area contributed by atoms with Crippen molar-refractivity contribution >= 4 is 0 Å². The summed E-state index contributed by atoms with van der Waals surface area (Å²) < 4.78 is 29.5. The molecule has 0 amide bonds. The first-order valence-electron chi connectivity index (χ1n) is 9.86. The van der Waals surface area contributed by atoms with Gasteiger partial charge in [0.1, 0.15) is 11.6 Å². The lowest BCUT2D eigenvalue weighted by atomic mass is 9.76. The van der Waals surface area contributed by atoms with Gasteiger partial charge in [0.2, 0.25) is 0 Å². The summed E-state index contributed by atoms with van der Waals surface area (Å²) in [5.74, 6) is 0.816. The Hall–Kier alpha value is -1.44. The third-order valence-electron chi connectivity index (χ3n) is 6.32. The van der Waals surface area contributed by atoms with Crippen LogP contribution < -0.4 is 0 Å². The lowest BCUT2D eigenvalue weighted by molar-refractivity contribution is 0.356. The van der Waals surface area contributed by atoms with E-state index in [1.807, 2.05) is 6.08 Å². The highest BCUT2D eigenvalue weighted by molar-refractivity contribution is 5.32. The zero-order valence-electron chi connectivity index (χ0n) is 15.3. The van der Waals surface area contributed by atoms with Gasteiger partial charge < -0.3 is 0 Å². The highest BCUT2D eigenvalue weighted by Crippen LogP contribution is 2.41. The van der Waals surface area contributed by atoms with Crippen molar-refractivity contribution < 1.29 is 8.78 Å². The normalized spacial score (nSPS) is 30.5. The highest BCUT2D eigenvalue weighted by atomic mass is 19.1. The fourth-order valence-corrected chi connectivity index (χ4v) is 4.79. The summed E-state index contributed by atoms with van der Waals surface area (Å²) in [4.78, 5) is 0. The molecule has 0 unspecified atom stereocenters. The summed E-state index contributed by atoms with van der Waals surface area (Å²) in [6, 6.07) is 3.25. The molecule has 25 heavy (non-hydrogen) atoms. The Bertz CT molecular complexity index is 592. The molecule has 0 aliphatic heterocycles. The maximum atomic E-state index is 14.8. The van der Waals surface area contributed by atoms with Crippen LogP contribution in [0.1, 0.15) is 81.3 Å². The molecule has 136 valence electrons. The van der Waals surface area contributed by atoms with Crippen molar-refractivity contribution in [1.29, 1.82) is 0 Å². The molecule has 2 saturated carbocycles. The molecule has 0 bridgehead atoms. The molecule has 0 spiro atoms. The standard InChI is InChI=1S/C23H30F2/c1-3-5-17-8-10-18(11-9-17)20-14-21(24)23(22(25)15-20)19-12-6-16(4-2)7-13-19/h3-5,14-19H,2,6-13H2,1H3. The quantitative estimate of drug-likeness (QED) is 0.504. The fourth-order valence-electron chi connectivity index (χ4n) is 4.79. The Morgan fingerprint density at radius 1 is 0.840 bits per heavy atom. The summed E-state index contributed by atoms with van der Waals surface area (Å²) >= 11 is 0. The maximum Gasteiger partial charge on any atom is 0.129 e. The fraction of sp³-hybridized carbons (Fsp3) is 0.565. The van der Waals surface area contributed by atoms with Crippen LogP contribution >= 0.6 is 0 Å². The smallest absolute Gasteiger partial charge is 0.129 e. The van der Waals surface area contributed by atoms with Crippen molar-refractivity contribution in [3.05, 3.63) is 59.7 Å². The Balaban J connectivity index is 1.71. The van der Waals surface area contributed by atoms with E-state index in [0.717, 1.165) is 56.9 Å². The molecule has 2 aliphatic carbocycles. The van der Waals surface area contributed by atoms with Gasteiger partial charge in [-0.15, -0.1) is 6.58 Å². The second-order valence-electron chi connectivity index (χ2n) is 7.88.